The zero-order chi connectivity index (χ0) is 12.5. The van der Waals surface area contributed by atoms with Crippen LogP contribution in [0.4, 0.5) is 20.3 Å². The van der Waals surface area contributed by atoms with E-state index in [0.29, 0.717) is 0 Å². The van der Waals surface area contributed by atoms with E-state index in [1.54, 1.807) is 0 Å². The summed E-state index contributed by atoms with van der Waals surface area (Å²) in [6.45, 7) is 0. The Labute approximate surface area is 92.2 Å². The topological polar surface area (TPSA) is 99.1 Å². The molecule has 1 heterocycles. The molecule has 0 saturated carbocycles. The van der Waals surface area contributed by atoms with Crippen molar-refractivity contribution in [3.05, 3.63) is 27.4 Å². The fourth-order valence-electron chi connectivity index (χ4n) is 1.10. The second-order valence-electron chi connectivity index (χ2n) is 2.66. The molecule has 0 spiro atoms. The quantitative estimate of drug-likeness (QED) is 0.502. The molecule has 1 aromatic heterocycles. The van der Waals surface area contributed by atoms with Gasteiger partial charge in [-0.1, -0.05) is 0 Å². The second kappa shape index (κ2) is 4.35. The molecule has 0 atom stereocenters. The van der Waals surface area contributed by atoms with Crippen LogP contribution in [0.15, 0.2) is 6.20 Å². The van der Waals surface area contributed by atoms with Gasteiger partial charge in [-0.15, -0.1) is 0 Å². The third-order valence-electron chi connectivity index (χ3n) is 1.71. The van der Waals surface area contributed by atoms with Crippen molar-refractivity contribution in [3.63, 3.8) is 0 Å². The Hall–Kier alpha value is -1.83. The van der Waals surface area contributed by atoms with Crippen LogP contribution in [0.3, 0.4) is 0 Å². The molecule has 1 rings (SSSR count). The first kappa shape index (κ1) is 12.2. The number of nitrogen functional groups attached to an aromatic ring is 1. The predicted molar refractivity (Wildman–Crippen MR) is 50.4 cm³/mol. The van der Waals surface area contributed by atoms with Crippen molar-refractivity contribution < 1.29 is 18.5 Å². The van der Waals surface area contributed by atoms with Gasteiger partial charge in [-0.05, 0) is 21.5 Å². The van der Waals surface area contributed by atoms with Crippen LogP contribution in [0.25, 0.3) is 0 Å². The summed E-state index contributed by atoms with van der Waals surface area (Å²) in [5, 5.41) is 9.13. The number of carbonyl (C=O) groups excluding carboxylic acids is 1. The highest BCUT2D eigenvalue weighted by Crippen LogP contribution is 2.34. The van der Waals surface area contributed by atoms with E-state index in [0.717, 1.165) is 6.20 Å². The summed E-state index contributed by atoms with van der Waals surface area (Å²) in [7, 11) is 0. The predicted octanol–water partition coefficient (Wildman–Crippen LogP) is 1.89. The van der Waals surface area contributed by atoms with Gasteiger partial charge in [0.25, 0.3) is 11.7 Å². The SMILES string of the molecule is Nc1cnc([N+](=O)[O-])c(C(F)F)c1C(=O)Cl. The molecule has 0 bridgehead atoms. The maximum Gasteiger partial charge on any atom is 0.373 e. The van der Waals surface area contributed by atoms with Crippen LogP contribution in [0.5, 0.6) is 0 Å². The summed E-state index contributed by atoms with van der Waals surface area (Å²) in [6.07, 6.45) is -2.53. The average Bonchev–Trinajstić information content (AvgIpc) is 2.15. The number of anilines is 1. The van der Waals surface area contributed by atoms with Crippen LogP contribution in [0.2, 0.25) is 0 Å². The van der Waals surface area contributed by atoms with Crippen LogP contribution in [0, 0.1) is 10.1 Å². The molecular formula is C7H4ClF2N3O3. The summed E-state index contributed by atoms with van der Waals surface area (Å²) < 4.78 is 25.2. The number of nitro groups is 1. The molecule has 0 unspecified atom stereocenters. The van der Waals surface area contributed by atoms with Crippen LogP contribution in [-0.4, -0.2) is 15.1 Å². The average molecular weight is 252 g/mol. The molecule has 86 valence electrons. The number of nitrogens with two attached hydrogens (primary N) is 1. The Morgan fingerprint density at radius 3 is 2.56 bits per heavy atom. The largest absolute Gasteiger partial charge is 0.395 e. The fraction of sp³-hybridized carbons (Fsp3) is 0.143. The third kappa shape index (κ3) is 2.06. The summed E-state index contributed by atoms with van der Waals surface area (Å²) in [4.78, 5) is 23.3. The number of nitrogens with zero attached hydrogens (tertiary/aromatic N) is 2. The molecule has 16 heavy (non-hydrogen) atoms. The highest BCUT2D eigenvalue weighted by molar-refractivity contribution is 6.68. The monoisotopic (exact) mass is 251 g/mol. The van der Waals surface area contributed by atoms with Crippen molar-refractivity contribution >= 4 is 28.3 Å². The van der Waals surface area contributed by atoms with Gasteiger partial charge in [-0.3, -0.25) is 4.79 Å². The van der Waals surface area contributed by atoms with Crippen molar-refractivity contribution in [3.8, 4) is 0 Å². The minimum atomic E-state index is -3.27. The van der Waals surface area contributed by atoms with Gasteiger partial charge in [0.15, 0.2) is 6.20 Å². The minimum absolute atomic E-state index is 0.430. The lowest BCUT2D eigenvalue weighted by atomic mass is 10.1. The maximum atomic E-state index is 12.6. The van der Waals surface area contributed by atoms with E-state index in [-0.39, 0.29) is 0 Å². The van der Waals surface area contributed by atoms with Crippen LogP contribution in [-0.2, 0) is 0 Å². The number of alkyl halides is 2. The lowest BCUT2D eigenvalue weighted by Gasteiger charge is -2.06. The molecule has 0 aliphatic heterocycles. The van der Waals surface area contributed by atoms with E-state index in [9.17, 15) is 23.7 Å². The van der Waals surface area contributed by atoms with Crippen molar-refractivity contribution in [2.24, 2.45) is 0 Å². The van der Waals surface area contributed by atoms with E-state index in [4.69, 9.17) is 17.3 Å². The van der Waals surface area contributed by atoms with Gasteiger partial charge in [0.2, 0.25) is 0 Å². The number of hydrogen-bond donors (Lipinski definition) is 1. The smallest absolute Gasteiger partial charge is 0.373 e. The summed E-state index contributed by atoms with van der Waals surface area (Å²) >= 11 is 5.03. The van der Waals surface area contributed by atoms with Gasteiger partial charge in [-0.25, -0.2) is 8.78 Å². The van der Waals surface area contributed by atoms with Crippen molar-refractivity contribution in [2.75, 3.05) is 5.73 Å². The molecule has 0 aliphatic rings. The number of aromatic nitrogens is 1. The van der Waals surface area contributed by atoms with Crippen LogP contribution < -0.4 is 5.73 Å². The third-order valence-corrected chi connectivity index (χ3v) is 1.90. The molecule has 0 radical (unpaired) electrons. The second-order valence-corrected chi connectivity index (χ2v) is 3.00. The van der Waals surface area contributed by atoms with Gasteiger partial charge >= 0.3 is 5.82 Å². The lowest BCUT2D eigenvalue weighted by molar-refractivity contribution is -0.391. The van der Waals surface area contributed by atoms with Gasteiger partial charge < -0.3 is 15.8 Å². The molecule has 6 nitrogen and oxygen atoms in total. The Bertz CT molecular complexity index is 466. The van der Waals surface area contributed by atoms with Crippen molar-refractivity contribution in [2.45, 2.75) is 6.43 Å². The first-order valence-corrected chi connectivity index (χ1v) is 4.14. The Morgan fingerprint density at radius 2 is 2.19 bits per heavy atom. The normalized spacial score (nSPS) is 10.5. The molecule has 0 aromatic carbocycles. The standard InChI is InChI=1S/C7H4ClF2N3O3/c8-5(14)3-2(11)1-12-7(13(15)16)4(3)6(9)10/h1,6H,11H2. The van der Waals surface area contributed by atoms with E-state index in [2.05, 4.69) is 4.98 Å². The minimum Gasteiger partial charge on any atom is -0.395 e. The zero-order valence-corrected chi connectivity index (χ0v) is 8.24. The van der Waals surface area contributed by atoms with E-state index < -0.39 is 39.2 Å². The number of pyridine rings is 1. The van der Waals surface area contributed by atoms with E-state index in [1.165, 1.54) is 0 Å². The summed E-state index contributed by atoms with van der Waals surface area (Å²) in [5.41, 5.74) is 2.83. The molecular weight excluding hydrogens is 248 g/mol. The lowest BCUT2D eigenvalue weighted by Crippen LogP contribution is -2.09. The molecule has 0 fully saturated rings. The van der Waals surface area contributed by atoms with Crippen molar-refractivity contribution in [1.82, 2.24) is 4.98 Å². The number of hydrogen-bond acceptors (Lipinski definition) is 5. The first-order chi connectivity index (χ1) is 7.36. The van der Waals surface area contributed by atoms with Gasteiger partial charge in [-0.2, -0.15) is 0 Å². The first-order valence-electron chi connectivity index (χ1n) is 3.77. The maximum absolute atomic E-state index is 12.6. The zero-order valence-electron chi connectivity index (χ0n) is 7.49. The van der Waals surface area contributed by atoms with Crippen molar-refractivity contribution in [1.29, 1.82) is 0 Å². The molecule has 2 N–H and O–H groups in total. The molecule has 0 saturated heterocycles. The molecule has 9 heteroatoms. The van der Waals surface area contributed by atoms with E-state index in [1.807, 2.05) is 0 Å². The van der Waals surface area contributed by atoms with Gasteiger partial charge in [0.1, 0.15) is 5.56 Å². The number of rotatable bonds is 3. The van der Waals surface area contributed by atoms with Crippen LogP contribution in [0.1, 0.15) is 22.3 Å². The Morgan fingerprint density at radius 1 is 1.62 bits per heavy atom. The molecule has 0 aliphatic carbocycles. The number of halogens is 3. The van der Waals surface area contributed by atoms with Gasteiger partial charge in [0.05, 0.1) is 11.3 Å². The Kier molecular flexibility index (Phi) is 3.33. The number of carbonyl (C=O) groups is 1. The highest BCUT2D eigenvalue weighted by Gasteiger charge is 2.31. The summed E-state index contributed by atoms with van der Waals surface area (Å²) in [5.74, 6) is -1.13. The highest BCUT2D eigenvalue weighted by atomic mass is 35.5. The Balaban J connectivity index is 3.63. The van der Waals surface area contributed by atoms with E-state index >= 15 is 0 Å². The molecule has 0 amide bonds. The van der Waals surface area contributed by atoms with Gasteiger partial charge in [0, 0.05) is 0 Å². The fourth-order valence-corrected chi connectivity index (χ4v) is 1.31. The summed E-state index contributed by atoms with van der Waals surface area (Å²) in [6, 6.07) is 0. The van der Waals surface area contributed by atoms with Crippen LogP contribution >= 0.6 is 11.6 Å². The molecule has 1 aromatic rings.